The van der Waals surface area contributed by atoms with Crippen molar-refractivity contribution in [3.05, 3.63) is 66.8 Å². The Balaban J connectivity index is 1.49. The van der Waals surface area contributed by atoms with Crippen molar-refractivity contribution in [2.45, 2.75) is 62.9 Å². The van der Waals surface area contributed by atoms with Crippen LogP contribution in [0.4, 0.5) is 0 Å². The van der Waals surface area contributed by atoms with Gasteiger partial charge in [-0.3, -0.25) is 14.5 Å². The van der Waals surface area contributed by atoms with Crippen LogP contribution in [0.1, 0.15) is 46.1 Å². The van der Waals surface area contributed by atoms with Gasteiger partial charge in [-0.25, -0.2) is 0 Å². The highest BCUT2D eigenvalue weighted by Gasteiger charge is 2.63. The zero-order chi connectivity index (χ0) is 23.8. The molecule has 1 aromatic rings. The van der Waals surface area contributed by atoms with Gasteiger partial charge in [0.15, 0.2) is 0 Å². The fourth-order valence-corrected chi connectivity index (χ4v) is 5.43. The van der Waals surface area contributed by atoms with Gasteiger partial charge >= 0.3 is 7.12 Å². The average Bonchev–Trinajstić information content (AvgIpc) is 3.14. The van der Waals surface area contributed by atoms with E-state index in [-0.39, 0.29) is 24.7 Å². The highest BCUT2D eigenvalue weighted by atomic mass is 16.7. The molecule has 1 N–H and O–H groups in total. The second-order valence-electron chi connectivity index (χ2n) is 10.7. The van der Waals surface area contributed by atoms with Crippen LogP contribution in [0.3, 0.4) is 0 Å². The third-order valence-electron chi connectivity index (χ3n) is 8.12. The molecule has 5 rings (SSSR count). The smallest absolute Gasteiger partial charge is 0.399 e. The van der Waals surface area contributed by atoms with Crippen LogP contribution in [0.5, 0.6) is 0 Å². The first-order valence-electron chi connectivity index (χ1n) is 11.5. The van der Waals surface area contributed by atoms with E-state index in [0.717, 1.165) is 11.0 Å². The Bertz CT molecular complexity index is 1030. The molecular weight excluding hydrogens is 417 g/mol. The molecule has 0 spiro atoms. The molecule has 0 aromatic heterocycles. The summed E-state index contributed by atoms with van der Waals surface area (Å²) in [7, 11) is -0.500. The van der Waals surface area contributed by atoms with Crippen LogP contribution in [-0.4, -0.2) is 45.7 Å². The van der Waals surface area contributed by atoms with E-state index in [0.29, 0.717) is 0 Å². The first-order chi connectivity index (χ1) is 15.4. The number of likely N-dealkylation sites (tertiary alicyclic amines) is 1. The predicted octanol–water partition coefficient (Wildman–Crippen LogP) is 2.62. The summed E-state index contributed by atoms with van der Waals surface area (Å²) < 4.78 is 12.3. The van der Waals surface area contributed by atoms with Crippen LogP contribution < -0.4 is 5.46 Å². The molecule has 2 aliphatic carbocycles. The maximum Gasteiger partial charge on any atom is 0.494 e. The average molecular weight is 447 g/mol. The Kier molecular flexibility index (Phi) is 4.74. The first kappa shape index (κ1) is 22.3. The van der Waals surface area contributed by atoms with Gasteiger partial charge in [0.2, 0.25) is 11.8 Å². The van der Waals surface area contributed by atoms with Crippen molar-refractivity contribution < 1.29 is 24.0 Å². The SMILES string of the molecule is C=CC1(O)CC(c2ccc(B3OC(C)(C)C(C)(C)O3)cc2)(N2C(=O)C3C=CC=CC3C2=O)C1. The lowest BCUT2D eigenvalue weighted by atomic mass is 9.60. The number of rotatable bonds is 4. The molecule has 172 valence electrons. The molecule has 7 heteroatoms. The maximum atomic E-state index is 13.4. The van der Waals surface area contributed by atoms with E-state index in [4.69, 9.17) is 9.31 Å². The van der Waals surface area contributed by atoms with Gasteiger partial charge in [-0.15, -0.1) is 6.58 Å². The number of hydrogen-bond acceptors (Lipinski definition) is 5. The van der Waals surface area contributed by atoms with Gasteiger partial charge in [0.1, 0.15) is 0 Å². The molecular formula is C26H30BNO5. The largest absolute Gasteiger partial charge is 0.494 e. The quantitative estimate of drug-likeness (QED) is 0.437. The van der Waals surface area contributed by atoms with Crippen LogP contribution >= 0.6 is 0 Å². The Hall–Kier alpha value is -2.48. The van der Waals surface area contributed by atoms with Crippen molar-refractivity contribution in [3.8, 4) is 0 Å². The molecule has 2 saturated heterocycles. The summed E-state index contributed by atoms with van der Waals surface area (Å²) >= 11 is 0. The summed E-state index contributed by atoms with van der Waals surface area (Å²) in [4.78, 5) is 28.1. The number of imide groups is 1. The highest BCUT2D eigenvalue weighted by Crippen LogP contribution is 2.55. The van der Waals surface area contributed by atoms with Gasteiger partial charge in [0, 0.05) is 12.8 Å². The van der Waals surface area contributed by atoms with Crippen LogP contribution in [-0.2, 0) is 24.4 Å². The molecule has 1 saturated carbocycles. The molecule has 0 bridgehead atoms. The van der Waals surface area contributed by atoms with E-state index in [1.807, 2.05) is 64.1 Å². The normalized spacial score (nSPS) is 36.2. The van der Waals surface area contributed by atoms with Crippen molar-refractivity contribution >= 4 is 24.4 Å². The predicted molar refractivity (Wildman–Crippen MR) is 125 cm³/mol. The van der Waals surface area contributed by atoms with Crippen LogP contribution in [0, 0.1) is 11.8 Å². The van der Waals surface area contributed by atoms with Gasteiger partial charge in [0.05, 0.1) is 34.2 Å². The lowest BCUT2D eigenvalue weighted by Gasteiger charge is -2.56. The van der Waals surface area contributed by atoms with Crippen molar-refractivity contribution in [2.24, 2.45) is 11.8 Å². The van der Waals surface area contributed by atoms with E-state index in [1.54, 1.807) is 12.2 Å². The van der Waals surface area contributed by atoms with Gasteiger partial charge in [-0.2, -0.15) is 0 Å². The lowest BCUT2D eigenvalue weighted by molar-refractivity contribution is -0.167. The van der Waals surface area contributed by atoms with Crippen molar-refractivity contribution in [3.63, 3.8) is 0 Å². The van der Waals surface area contributed by atoms with Crippen LogP contribution in [0.2, 0.25) is 0 Å². The number of carbonyl (C=O) groups excluding carboxylic acids is 2. The molecule has 6 nitrogen and oxygen atoms in total. The lowest BCUT2D eigenvalue weighted by Crippen LogP contribution is -2.64. The summed E-state index contributed by atoms with van der Waals surface area (Å²) in [6.45, 7) is 11.8. The van der Waals surface area contributed by atoms with E-state index in [9.17, 15) is 14.7 Å². The molecule has 2 unspecified atom stereocenters. The minimum atomic E-state index is -1.12. The standard InChI is InChI=1S/C26H30BNO5/c1-6-25(31)15-26(16-25,28-21(29)19-9-7-8-10-20(19)22(28)30)17-11-13-18(14-12-17)27-32-23(2,3)24(4,5)33-27/h6-14,19-20,31H,1,15-16H2,2-5H3. The van der Waals surface area contributed by atoms with E-state index in [2.05, 4.69) is 6.58 Å². The van der Waals surface area contributed by atoms with Crippen molar-refractivity contribution in [1.29, 1.82) is 0 Å². The molecule has 0 radical (unpaired) electrons. The van der Waals surface area contributed by atoms with Crippen LogP contribution in [0.25, 0.3) is 0 Å². The van der Waals surface area contributed by atoms with Gasteiger partial charge in [-0.1, -0.05) is 54.6 Å². The number of benzene rings is 1. The van der Waals surface area contributed by atoms with E-state index >= 15 is 0 Å². The zero-order valence-corrected chi connectivity index (χ0v) is 19.6. The van der Waals surface area contributed by atoms with Gasteiger partial charge in [0.25, 0.3) is 0 Å². The molecule has 4 aliphatic rings. The molecule has 2 aliphatic heterocycles. The number of amides is 2. The van der Waals surface area contributed by atoms with E-state index in [1.165, 1.54) is 11.0 Å². The number of allylic oxidation sites excluding steroid dienone is 2. The monoisotopic (exact) mass is 447 g/mol. The molecule has 2 heterocycles. The van der Waals surface area contributed by atoms with Crippen molar-refractivity contribution in [1.82, 2.24) is 4.90 Å². The Morgan fingerprint density at radius 3 is 1.91 bits per heavy atom. The second kappa shape index (κ2) is 7.01. The van der Waals surface area contributed by atoms with E-state index < -0.39 is 41.3 Å². The summed E-state index contributed by atoms with van der Waals surface area (Å²) in [5, 5.41) is 10.8. The summed E-state index contributed by atoms with van der Waals surface area (Å²) in [5.74, 6) is -1.40. The number of carbonyl (C=O) groups is 2. The molecule has 33 heavy (non-hydrogen) atoms. The number of hydrogen-bond donors (Lipinski definition) is 1. The Labute approximate surface area is 195 Å². The molecule has 2 amide bonds. The minimum Gasteiger partial charge on any atom is -0.399 e. The second-order valence-corrected chi connectivity index (χ2v) is 10.7. The molecule has 1 aromatic carbocycles. The third kappa shape index (κ3) is 3.13. The maximum absolute atomic E-state index is 13.4. The fraction of sp³-hybridized carbons (Fsp3) is 0.462. The minimum absolute atomic E-state index is 0.216. The first-order valence-corrected chi connectivity index (χ1v) is 11.5. The van der Waals surface area contributed by atoms with Gasteiger partial charge < -0.3 is 14.4 Å². The van der Waals surface area contributed by atoms with Crippen molar-refractivity contribution in [2.75, 3.05) is 0 Å². The highest BCUT2D eigenvalue weighted by molar-refractivity contribution is 6.62. The summed E-state index contributed by atoms with van der Waals surface area (Å²) in [5.41, 5.74) is -1.25. The summed E-state index contributed by atoms with van der Waals surface area (Å²) in [6.07, 6.45) is 9.15. The number of nitrogens with zero attached hydrogens (tertiary/aromatic N) is 1. The summed E-state index contributed by atoms with van der Waals surface area (Å²) in [6, 6.07) is 7.67. The fourth-order valence-electron chi connectivity index (χ4n) is 5.43. The molecule has 2 atom stereocenters. The molecule has 3 fully saturated rings. The third-order valence-corrected chi connectivity index (χ3v) is 8.12. The van der Waals surface area contributed by atoms with Gasteiger partial charge in [-0.05, 0) is 38.7 Å². The Morgan fingerprint density at radius 1 is 0.970 bits per heavy atom. The Morgan fingerprint density at radius 2 is 1.45 bits per heavy atom. The van der Waals surface area contributed by atoms with Crippen LogP contribution in [0.15, 0.2) is 61.2 Å². The number of aliphatic hydroxyl groups is 1. The number of fused-ring (bicyclic) bond motifs is 1. The topological polar surface area (TPSA) is 76.1 Å². The zero-order valence-electron chi connectivity index (χ0n) is 19.6.